The molecule has 0 fully saturated rings. The number of rotatable bonds is 5. The number of oxazole rings is 1. The van der Waals surface area contributed by atoms with E-state index in [9.17, 15) is 4.79 Å². The summed E-state index contributed by atoms with van der Waals surface area (Å²) in [6, 6.07) is 11.3. The number of carbonyl (C=O) groups is 1. The van der Waals surface area contributed by atoms with E-state index in [-0.39, 0.29) is 11.7 Å². The van der Waals surface area contributed by atoms with E-state index in [1.165, 1.54) is 11.8 Å². The number of amides is 1. The minimum absolute atomic E-state index is 0.0986. The molecular weight excluding hydrogens is 318 g/mol. The number of hydrogen-bond acceptors (Lipinski definition) is 6. The third-order valence-corrected chi connectivity index (χ3v) is 4.38. The Kier molecular flexibility index (Phi) is 4.65. The lowest BCUT2D eigenvalue weighted by Gasteiger charge is -2.05. The maximum atomic E-state index is 12.0. The van der Waals surface area contributed by atoms with Crippen molar-refractivity contribution in [3.63, 3.8) is 0 Å². The molecule has 1 aromatic carbocycles. The molecule has 0 spiro atoms. The lowest BCUT2D eigenvalue weighted by molar-refractivity contribution is -0.113. The molecule has 0 aliphatic carbocycles. The normalized spacial score (nSPS) is 10.8. The number of aromatic nitrogens is 2. The third-order valence-electron chi connectivity index (χ3n) is 2.83. The summed E-state index contributed by atoms with van der Waals surface area (Å²) in [7, 11) is 0. The highest BCUT2D eigenvalue weighted by Crippen LogP contribution is 2.23. The second kappa shape index (κ2) is 6.85. The van der Waals surface area contributed by atoms with Gasteiger partial charge in [-0.1, -0.05) is 17.8 Å². The van der Waals surface area contributed by atoms with Crippen LogP contribution in [0.2, 0.25) is 0 Å². The van der Waals surface area contributed by atoms with Crippen molar-refractivity contribution in [3.8, 4) is 0 Å². The molecule has 2 aromatic heterocycles. The molecule has 0 saturated carbocycles. The van der Waals surface area contributed by atoms with Gasteiger partial charge in [-0.05, 0) is 36.6 Å². The van der Waals surface area contributed by atoms with Crippen molar-refractivity contribution in [2.45, 2.75) is 10.1 Å². The molecule has 1 N–H and O–H groups in total. The van der Waals surface area contributed by atoms with Crippen molar-refractivity contribution >= 4 is 46.3 Å². The second-order valence-electron chi connectivity index (χ2n) is 4.37. The Morgan fingerprint density at radius 3 is 3.05 bits per heavy atom. The first kappa shape index (κ1) is 14.9. The number of thioether (sulfide) groups is 2. The minimum atomic E-state index is -0.0986. The molecule has 22 heavy (non-hydrogen) atoms. The summed E-state index contributed by atoms with van der Waals surface area (Å²) in [5.74, 6) is 0.134. The first-order chi connectivity index (χ1) is 10.7. The van der Waals surface area contributed by atoms with Crippen LogP contribution in [0.4, 0.5) is 5.69 Å². The van der Waals surface area contributed by atoms with E-state index in [1.807, 2.05) is 30.5 Å². The van der Waals surface area contributed by atoms with Crippen LogP contribution in [0.15, 0.2) is 57.1 Å². The predicted octanol–water partition coefficient (Wildman–Crippen LogP) is 3.68. The van der Waals surface area contributed by atoms with Crippen molar-refractivity contribution < 1.29 is 9.21 Å². The monoisotopic (exact) mass is 331 g/mol. The van der Waals surface area contributed by atoms with Crippen LogP contribution in [0.5, 0.6) is 0 Å². The molecule has 112 valence electrons. The highest BCUT2D eigenvalue weighted by molar-refractivity contribution is 7.99. The lowest BCUT2D eigenvalue weighted by atomic mass is 10.3. The van der Waals surface area contributed by atoms with Crippen molar-refractivity contribution in [1.82, 2.24) is 9.97 Å². The average molecular weight is 331 g/mol. The summed E-state index contributed by atoms with van der Waals surface area (Å²) in [5, 5.41) is 3.31. The zero-order chi connectivity index (χ0) is 15.4. The summed E-state index contributed by atoms with van der Waals surface area (Å²) < 4.78 is 5.51. The molecule has 2 heterocycles. The highest BCUT2D eigenvalue weighted by atomic mass is 32.2. The maximum absolute atomic E-state index is 12.0. The van der Waals surface area contributed by atoms with Crippen LogP contribution in [0, 0.1) is 0 Å². The summed E-state index contributed by atoms with van der Waals surface area (Å²) >= 11 is 2.88. The fourth-order valence-corrected chi connectivity index (χ4v) is 2.92. The number of hydrogen-bond donors (Lipinski definition) is 1. The van der Waals surface area contributed by atoms with Gasteiger partial charge < -0.3 is 9.73 Å². The summed E-state index contributed by atoms with van der Waals surface area (Å²) in [6.07, 6.45) is 3.66. The average Bonchev–Trinajstić information content (AvgIpc) is 2.96. The molecule has 0 atom stereocenters. The van der Waals surface area contributed by atoms with Gasteiger partial charge in [0.1, 0.15) is 0 Å². The Balaban J connectivity index is 1.59. The molecule has 3 rings (SSSR count). The highest BCUT2D eigenvalue weighted by Gasteiger charge is 2.10. The van der Waals surface area contributed by atoms with Crippen LogP contribution < -0.4 is 5.32 Å². The van der Waals surface area contributed by atoms with Crippen LogP contribution in [0.1, 0.15) is 0 Å². The Hall–Kier alpha value is -1.99. The van der Waals surface area contributed by atoms with Gasteiger partial charge in [-0.25, -0.2) is 4.98 Å². The molecular formula is C15H13N3O2S2. The number of nitrogens with zero attached hydrogens (tertiary/aromatic N) is 2. The molecule has 0 saturated heterocycles. The lowest BCUT2D eigenvalue weighted by Crippen LogP contribution is -2.13. The maximum Gasteiger partial charge on any atom is 0.258 e. The van der Waals surface area contributed by atoms with Gasteiger partial charge in [-0.15, -0.1) is 11.8 Å². The number of fused-ring (bicyclic) bond motifs is 1. The van der Waals surface area contributed by atoms with Gasteiger partial charge in [0.15, 0.2) is 11.2 Å². The van der Waals surface area contributed by atoms with E-state index in [1.54, 1.807) is 30.1 Å². The van der Waals surface area contributed by atoms with Gasteiger partial charge >= 0.3 is 0 Å². The van der Waals surface area contributed by atoms with Crippen LogP contribution in [0.25, 0.3) is 11.2 Å². The smallest absolute Gasteiger partial charge is 0.258 e. The quantitative estimate of drug-likeness (QED) is 0.719. The Morgan fingerprint density at radius 2 is 2.23 bits per heavy atom. The molecule has 0 unspecified atom stereocenters. The summed E-state index contributed by atoms with van der Waals surface area (Å²) in [5.41, 5.74) is 1.97. The third kappa shape index (κ3) is 3.61. The van der Waals surface area contributed by atoms with E-state index >= 15 is 0 Å². The van der Waals surface area contributed by atoms with E-state index < -0.39 is 0 Å². The number of benzene rings is 1. The van der Waals surface area contributed by atoms with E-state index in [0.717, 1.165) is 10.6 Å². The topological polar surface area (TPSA) is 68.0 Å². The molecule has 3 aromatic rings. The molecule has 0 aliphatic rings. The van der Waals surface area contributed by atoms with Crippen molar-refractivity contribution in [3.05, 3.63) is 42.6 Å². The molecule has 0 bridgehead atoms. The zero-order valence-electron chi connectivity index (χ0n) is 11.8. The molecule has 5 nitrogen and oxygen atoms in total. The molecule has 0 radical (unpaired) electrons. The Bertz CT molecular complexity index is 771. The molecule has 1 amide bonds. The number of carbonyl (C=O) groups excluding carboxylic acids is 1. The fraction of sp³-hybridized carbons (Fsp3) is 0.133. The molecule has 0 aliphatic heterocycles. The Morgan fingerprint density at radius 1 is 1.32 bits per heavy atom. The zero-order valence-corrected chi connectivity index (χ0v) is 13.4. The molecule has 7 heteroatoms. The van der Waals surface area contributed by atoms with Crippen LogP contribution in [0.3, 0.4) is 0 Å². The van der Waals surface area contributed by atoms with Gasteiger partial charge in [0.05, 0.1) is 5.75 Å². The van der Waals surface area contributed by atoms with Crippen LogP contribution in [-0.2, 0) is 4.79 Å². The van der Waals surface area contributed by atoms with Crippen LogP contribution >= 0.6 is 23.5 Å². The van der Waals surface area contributed by atoms with Gasteiger partial charge in [0.2, 0.25) is 5.91 Å². The van der Waals surface area contributed by atoms with Crippen molar-refractivity contribution in [2.24, 2.45) is 0 Å². The van der Waals surface area contributed by atoms with Gasteiger partial charge in [0, 0.05) is 16.8 Å². The van der Waals surface area contributed by atoms with E-state index in [4.69, 9.17) is 4.42 Å². The first-order valence-corrected chi connectivity index (χ1v) is 8.74. The van der Waals surface area contributed by atoms with Crippen molar-refractivity contribution in [2.75, 3.05) is 17.3 Å². The van der Waals surface area contributed by atoms with Crippen molar-refractivity contribution in [1.29, 1.82) is 0 Å². The Labute approximate surface area is 135 Å². The summed E-state index contributed by atoms with van der Waals surface area (Å²) in [4.78, 5) is 21.4. The van der Waals surface area contributed by atoms with Gasteiger partial charge in [-0.2, -0.15) is 4.98 Å². The minimum Gasteiger partial charge on any atom is -0.430 e. The standard InChI is InChI=1S/C15H13N3O2S2/c1-21-11-5-2-4-10(8-11)17-13(19)9-22-15-18-14-12(20-15)6-3-7-16-14/h2-8H,9H2,1H3,(H,17,19). The fourth-order valence-electron chi connectivity index (χ4n) is 1.84. The van der Waals surface area contributed by atoms with E-state index in [2.05, 4.69) is 15.3 Å². The summed E-state index contributed by atoms with van der Waals surface area (Å²) in [6.45, 7) is 0. The van der Waals surface area contributed by atoms with Gasteiger partial charge in [-0.3, -0.25) is 4.79 Å². The predicted molar refractivity (Wildman–Crippen MR) is 89.4 cm³/mol. The number of nitrogens with one attached hydrogen (secondary N) is 1. The largest absolute Gasteiger partial charge is 0.430 e. The first-order valence-electron chi connectivity index (χ1n) is 6.53. The second-order valence-corrected chi connectivity index (χ2v) is 6.18. The van der Waals surface area contributed by atoms with Gasteiger partial charge in [0.25, 0.3) is 5.22 Å². The number of anilines is 1. The van der Waals surface area contributed by atoms with E-state index in [0.29, 0.717) is 16.5 Å². The number of pyridine rings is 1. The van der Waals surface area contributed by atoms with Crippen LogP contribution in [-0.4, -0.2) is 27.9 Å². The SMILES string of the molecule is CSc1cccc(NC(=O)CSc2nc3ncccc3o2)c1.